The number of fused-ring (bicyclic) bond motifs is 3. The molecule has 2 heterocycles. The fourth-order valence-electron chi connectivity index (χ4n) is 3.75. The standard InChI is InChI=1S/C18H26N2O2S/c1-18(2,3)22-17(21)20-10-9-14-13(11-20)12-7-6-8-15(23-5)16(12)19(14)4/h6-8,13-14H,9-11H2,1-5H3/t13-,14-/m1/s1. The van der Waals surface area contributed by atoms with Gasteiger partial charge < -0.3 is 14.5 Å². The first-order chi connectivity index (χ1) is 10.8. The van der Waals surface area contributed by atoms with E-state index in [0.29, 0.717) is 12.0 Å². The molecule has 1 aromatic carbocycles. The second-order valence-electron chi connectivity index (χ2n) is 7.40. The molecule has 0 spiro atoms. The number of piperidine rings is 1. The van der Waals surface area contributed by atoms with Gasteiger partial charge in [-0.1, -0.05) is 12.1 Å². The largest absolute Gasteiger partial charge is 0.444 e. The Balaban J connectivity index is 1.83. The molecular formula is C18H26N2O2S. The summed E-state index contributed by atoms with van der Waals surface area (Å²) < 4.78 is 5.55. The molecule has 0 radical (unpaired) electrons. The van der Waals surface area contributed by atoms with E-state index in [1.165, 1.54) is 16.1 Å². The van der Waals surface area contributed by atoms with Crippen molar-refractivity contribution < 1.29 is 9.53 Å². The van der Waals surface area contributed by atoms with Gasteiger partial charge in [-0.25, -0.2) is 4.79 Å². The van der Waals surface area contributed by atoms with Crippen molar-refractivity contribution in [2.24, 2.45) is 0 Å². The molecular weight excluding hydrogens is 308 g/mol. The number of rotatable bonds is 1. The number of hydrogen-bond donors (Lipinski definition) is 0. The zero-order chi connectivity index (χ0) is 16.8. The molecule has 3 rings (SSSR count). The molecule has 2 aliphatic rings. The number of likely N-dealkylation sites (N-methyl/N-ethyl adjacent to an activating group) is 1. The topological polar surface area (TPSA) is 32.8 Å². The number of ether oxygens (including phenoxy) is 1. The summed E-state index contributed by atoms with van der Waals surface area (Å²) in [6.45, 7) is 7.26. The number of para-hydroxylation sites is 1. The fraction of sp³-hybridized carbons (Fsp3) is 0.611. The molecule has 0 aliphatic carbocycles. The maximum atomic E-state index is 12.4. The predicted molar refractivity (Wildman–Crippen MR) is 95.6 cm³/mol. The number of carbonyl (C=O) groups excluding carboxylic acids is 1. The Kier molecular flexibility index (Phi) is 4.25. The molecule has 0 N–H and O–H groups in total. The van der Waals surface area contributed by atoms with Crippen LogP contribution in [0, 0.1) is 0 Å². The summed E-state index contributed by atoms with van der Waals surface area (Å²) >= 11 is 1.79. The minimum absolute atomic E-state index is 0.187. The van der Waals surface area contributed by atoms with Crippen LogP contribution in [0.3, 0.4) is 0 Å². The third kappa shape index (κ3) is 3.03. The molecule has 23 heavy (non-hydrogen) atoms. The molecule has 5 heteroatoms. The number of likely N-dealkylation sites (tertiary alicyclic amines) is 1. The minimum atomic E-state index is -0.440. The summed E-state index contributed by atoms with van der Waals surface area (Å²) in [5.41, 5.74) is 2.28. The molecule has 1 fully saturated rings. The number of benzene rings is 1. The van der Waals surface area contributed by atoms with E-state index in [-0.39, 0.29) is 6.09 Å². The van der Waals surface area contributed by atoms with E-state index in [9.17, 15) is 4.79 Å². The summed E-state index contributed by atoms with van der Waals surface area (Å²) in [5.74, 6) is 0.378. The minimum Gasteiger partial charge on any atom is -0.444 e. The molecule has 0 saturated carbocycles. The lowest BCUT2D eigenvalue weighted by molar-refractivity contribution is 0.0190. The number of anilines is 1. The number of hydrogen-bond acceptors (Lipinski definition) is 4. The highest BCUT2D eigenvalue weighted by atomic mass is 32.2. The number of thioether (sulfide) groups is 1. The first-order valence-corrected chi connectivity index (χ1v) is 9.42. The number of amides is 1. The van der Waals surface area contributed by atoms with Crippen LogP contribution < -0.4 is 4.90 Å². The molecule has 2 aliphatic heterocycles. The quantitative estimate of drug-likeness (QED) is 0.728. The maximum Gasteiger partial charge on any atom is 0.410 e. The summed E-state index contributed by atoms with van der Waals surface area (Å²) in [5, 5.41) is 0. The summed E-state index contributed by atoms with van der Waals surface area (Å²) in [7, 11) is 2.19. The van der Waals surface area contributed by atoms with Gasteiger partial charge in [-0.15, -0.1) is 11.8 Å². The van der Waals surface area contributed by atoms with Gasteiger partial charge in [0.05, 0.1) is 5.69 Å². The Hall–Kier alpha value is -1.36. The van der Waals surface area contributed by atoms with Crippen molar-refractivity contribution in [3.8, 4) is 0 Å². The van der Waals surface area contributed by atoms with E-state index in [0.717, 1.165) is 19.5 Å². The molecule has 4 nitrogen and oxygen atoms in total. The zero-order valence-electron chi connectivity index (χ0n) is 14.6. The Morgan fingerprint density at radius 1 is 1.35 bits per heavy atom. The van der Waals surface area contributed by atoms with Crippen LogP contribution in [0.15, 0.2) is 23.1 Å². The molecule has 0 aromatic heterocycles. The third-order valence-electron chi connectivity index (χ3n) is 4.73. The fourth-order valence-corrected chi connectivity index (χ4v) is 4.42. The van der Waals surface area contributed by atoms with Crippen LogP contribution in [0.2, 0.25) is 0 Å². The molecule has 126 valence electrons. The smallest absolute Gasteiger partial charge is 0.410 e. The summed E-state index contributed by atoms with van der Waals surface area (Å²) in [6.07, 6.45) is 2.93. The lowest BCUT2D eigenvalue weighted by Crippen LogP contribution is -2.48. The molecule has 1 amide bonds. The second kappa shape index (κ2) is 5.93. The number of nitrogens with zero attached hydrogens (tertiary/aromatic N) is 2. The highest BCUT2D eigenvalue weighted by Crippen LogP contribution is 2.47. The third-order valence-corrected chi connectivity index (χ3v) is 5.50. The Morgan fingerprint density at radius 2 is 2.09 bits per heavy atom. The van der Waals surface area contributed by atoms with Crippen molar-refractivity contribution >= 4 is 23.5 Å². The average Bonchev–Trinajstić information content (AvgIpc) is 2.78. The van der Waals surface area contributed by atoms with Crippen LogP contribution in [-0.4, -0.2) is 49.0 Å². The van der Waals surface area contributed by atoms with Gasteiger partial charge in [0, 0.05) is 37.0 Å². The first-order valence-electron chi connectivity index (χ1n) is 8.19. The molecule has 1 saturated heterocycles. The van der Waals surface area contributed by atoms with Gasteiger partial charge in [-0.3, -0.25) is 0 Å². The van der Waals surface area contributed by atoms with E-state index in [2.05, 4.69) is 36.4 Å². The summed E-state index contributed by atoms with van der Waals surface area (Å²) in [4.78, 5) is 18.0. The van der Waals surface area contributed by atoms with Gasteiger partial charge >= 0.3 is 6.09 Å². The normalized spacial score (nSPS) is 23.5. The van der Waals surface area contributed by atoms with Crippen LogP contribution in [-0.2, 0) is 4.74 Å². The van der Waals surface area contributed by atoms with Gasteiger partial charge in [0.15, 0.2) is 0 Å². The average molecular weight is 334 g/mol. The predicted octanol–water partition coefficient (Wildman–Crippen LogP) is 3.95. The van der Waals surface area contributed by atoms with Gasteiger partial charge in [0.25, 0.3) is 0 Å². The van der Waals surface area contributed by atoms with Gasteiger partial charge in [0.2, 0.25) is 0 Å². The van der Waals surface area contributed by atoms with E-state index in [1.807, 2.05) is 25.7 Å². The highest BCUT2D eigenvalue weighted by molar-refractivity contribution is 7.98. The van der Waals surface area contributed by atoms with Crippen LogP contribution in [0.5, 0.6) is 0 Å². The van der Waals surface area contributed by atoms with Crippen molar-refractivity contribution in [3.05, 3.63) is 23.8 Å². The summed E-state index contributed by atoms with van der Waals surface area (Å²) in [6, 6.07) is 7.02. The van der Waals surface area contributed by atoms with Crippen LogP contribution in [0.4, 0.5) is 10.5 Å². The van der Waals surface area contributed by atoms with Gasteiger partial charge in [-0.05, 0) is 45.1 Å². The van der Waals surface area contributed by atoms with Crippen molar-refractivity contribution in [2.45, 2.75) is 49.6 Å². The van der Waals surface area contributed by atoms with Crippen LogP contribution >= 0.6 is 11.8 Å². The monoisotopic (exact) mass is 334 g/mol. The zero-order valence-corrected chi connectivity index (χ0v) is 15.4. The van der Waals surface area contributed by atoms with E-state index in [4.69, 9.17) is 4.74 Å². The Labute approximate surface area is 143 Å². The maximum absolute atomic E-state index is 12.4. The number of carbonyl (C=O) groups is 1. The molecule has 2 atom stereocenters. The molecule has 0 unspecified atom stereocenters. The highest BCUT2D eigenvalue weighted by Gasteiger charge is 2.42. The van der Waals surface area contributed by atoms with E-state index in [1.54, 1.807) is 11.8 Å². The van der Waals surface area contributed by atoms with Crippen LogP contribution in [0.1, 0.15) is 38.7 Å². The lowest BCUT2D eigenvalue weighted by atomic mass is 9.89. The Bertz CT molecular complexity index is 612. The first kappa shape index (κ1) is 16.5. The van der Waals surface area contributed by atoms with E-state index >= 15 is 0 Å². The second-order valence-corrected chi connectivity index (χ2v) is 8.25. The van der Waals surface area contributed by atoms with Crippen molar-refractivity contribution in [3.63, 3.8) is 0 Å². The van der Waals surface area contributed by atoms with Gasteiger partial charge in [-0.2, -0.15) is 0 Å². The SMILES string of the molecule is CSc1cccc2c1N(C)[C@@H]1CCN(C(=O)OC(C)(C)C)C[C@H]21. The van der Waals surface area contributed by atoms with E-state index < -0.39 is 5.60 Å². The molecule has 1 aromatic rings. The Morgan fingerprint density at radius 3 is 2.74 bits per heavy atom. The van der Waals surface area contributed by atoms with Crippen molar-refractivity contribution in [2.75, 3.05) is 31.3 Å². The lowest BCUT2D eigenvalue weighted by Gasteiger charge is -2.38. The van der Waals surface area contributed by atoms with Crippen LogP contribution in [0.25, 0.3) is 0 Å². The van der Waals surface area contributed by atoms with Crippen molar-refractivity contribution in [1.82, 2.24) is 4.90 Å². The molecule has 0 bridgehead atoms. The van der Waals surface area contributed by atoms with Gasteiger partial charge in [0.1, 0.15) is 5.60 Å². The van der Waals surface area contributed by atoms with Crippen molar-refractivity contribution in [1.29, 1.82) is 0 Å².